The Labute approximate surface area is 346 Å². The number of hydrogen-bond donors (Lipinski definition) is 6. The van der Waals surface area contributed by atoms with E-state index in [1.165, 1.54) is 0 Å². The molecule has 2 fully saturated rings. The average Bonchev–Trinajstić information content (AvgIpc) is 3.24. The maximum absolute atomic E-state index is 6.75. The lowest BCUT2D eigenvalue weighted by atomic mass is 9.62. The SMILES string of the molecule is CCC1(CN)COCCOCCOCC(CC)(CN)CC2(CN)COCCOCCOCC(CN)(C1)CC(CC)(CN)COCCOCCOCC(CC)(CN)C2. The molecule has 0 spiro atoms. The first-order valence-electron chi connectivity index (χ1n) is 22.0. The fraction of sp³-hybridized carbons (Fsp3) is 1.00. The van der Waals surface area contributed by atoms with Gasteiger partial charge < -0.3 is 77.0 Å². The molecule has 2 bridgehead atoms. The summed E-state index contributed by atoms with van der Waals surface area (Å²) < 4.78 is 56.1. The molecule has 2 rings (SSSR count). The first-order chi connectivity index (χ1) is 27.6. The first kappa shape index (κ1) is 52.5. The molecule has 2 heterocycles. The van der Waals surface area contributed by atoms with Crippen LogP contribution >= 0.6 is 0 Å². The summed E-state index contributed by atoms with van der Waals surface area (Å²) in [6, 6.07) is 0. The molecule has 0 amide bonds. The van der Waals surface area contributed by atoms with Gasteiger partial charge in [-0.3, -0.25) is 0 Å². The average molecular weight is 821 g/mol. The number of nitrogens with two attached hydrogens (primary N) is 6. The molecule has 0 aromatic carbocycles. The van der Waals surface area contributed by atoms with Gasteiger partial charge in [0.2, 0.25) is 0 Å². The van der Waals surface area contributed by atoms with Crippen molar-refractivity contribution >= 4 is 0 Å². The highest BCUT2D eigenvalue weighted by Gasteiger charge is 2.46. The van der Waals surface area contributed by atoms with Gasteiger partial charge in [-0.25, -0.2) is 0 Å². The van der Waals surface area contributed by atoms with E-state index in [2.05, 4.69) is 27.7 Å². The molecule has 0 radical (unpaired) electrons. The van der Waals surface area contributed by atoms with Gasteiger partial charge >= 0.3 is 0 Å². The van der Waals surface area contributed by atoms with Gasteiger partial charge in [-0.05, 0) is 51.4 Å². The largest absolute Gasteiger partial charge is 0.378 e. The van der Waals surface area contributed by atoms with Crippen LogP contribution in [0, 0.1) is 32.5 Å². The van der Waals surface area contributed by atoms with Gasteiger partial charge in [0.05, 0.1) is 119 Å². The van der Waals surface area contributed by atoms with E-state index >= 15 is 0 Å². The molecule has 4 unspecified atom stereocenters. The summed E-state index contributed by atoms with van der Waals surface area (Å²) in [6.45, 7) is 19.2. The third-order valence-electron chi connectivity index (χ3n) is 13.3. The molecular weight excluding hydrogens is 732 g/mol. The van der Waals surface area contributed by atoms with E-state index in [9.17, 15) is 0 Å². The van der Waals surface area contributed by atoms with Crippen LogP contribution in [-0.2, 0) is 42.6 Å². The van der Waals surface area contributed by atoms with Gasteiger partial charge in [0.1, 0.15) is 0 Å². The third-order valence-corrected chi connectivity index (χ3v) is 13.3. The molecule has 2 aliphatic rings. The van der Waals surface area contributed by atoms with Gasteiger partial charge in [-0.15, -0.1) is 0 Å². The lowest BCUT2D eigenvalue weighted by molar-refractivity contribution is -0.0860. The van der Waals surface area contributed by atoms with Crippen molar-refractivity contribution in [2.24, 2.45) is 66.9 Å². The predicted octanol–water partition coefficient (Wildman–Crippen LogP) is 2.03. The van der Waals surface area contributed by atoms with Crippen molar-refractivity contribution in [3.05, 3.63) is 0 Å². The van der Waals surface area contributed by atoms with Crippen LogP contribution in [0.2, 0.25) is 0 Å². The second-order valence-electron chi connectivity index (χ2n) is 17.5. The molecule has 15 nitrogen and oxygen atoms in total. The van der Waals surface area contributed by atoms with Crippen LogP contribution in [-0.4, -0.2) is 158 Å². The zero-order chi connectivity index (χ0) is 42.0. The minimum Gasteiger partial charge on any atom is -0.378 e. The molecule has 340 valence electrons. The summed E-state index contributed by atoms with van der Waals surface area (Å²) in [6.07, 6.45) is 6.13. The maximum Gasteiger partial charge on any atom is 0.0701 e. The molecule has 2 aliphatic heterocycles. The minimum atomic E-state index is -0.441. The van der Waals surface area contributed by atoms with Crippen LogP contribution in [0.3, 0.4) is 0 Å². The number of fused-ring (bicyclic) bond motifs is 10. The van der Waals surface area contributed by atoms with Crippen molar-refractivity contribution in [1.82, 2.24) is 0 Å². The summed E-state index contributed by atoms with van der Waals surface area (Å²) >= 11 is 0. The Hall–Kier alpha value is -0.600. The van der Waals surface area contributed by atoms with Gasteiger partial charge in [0.15, 0.2) is 0 Å². The van der Waals surface area contributed by atoms with Crippen LogP contribution in [0.5, 0.6) is 0 Å². The fourth-order valence-electron chi connectivity index (χ4n) is 8.88. The quantitative estimate of drug-likeness (QED) is 0.173. The van der Waals surface area contributed by atoms with Crippen LogP contribution in [0.15, 0.2) is 0 Å². The highest BCUT2D eigenvalue weighted by Crippen LogP contribution is 2.47. The molecule has 15 heteroatoms. The first-order valence-corrected chi connectivity index (χ1v) is 22.0. The van der Waals surface area contributed by atoms with E-state index in [4.69, 9.17) is 77.0 Å². The van der Waals surface area contributed by atoms with E-state index in [0.717, 1.165) is 25.7 Å². The Balaban J connectivity index is 2.53. The highest BCUT2D eigenvalue weighted by molar-refractivity contribution is 4.98. The Bertz CT molecular complexity index is 867. The summed E-state index contributed by atoms with van der Waals surface area (Å²) in [7, 11) is 0. The normalized spacial score (nSPS) is 35.9. The Morgan fingerprint density at radius 1 is 0.281 bits per heavy atom. The second-order valence-corrected chi connectivity index (χ2v) is 17.5. The van der Waals surface area contributed by atoms with Crippen LogP contribution in [0.25, 0.3) is 0 Å². The van der Waals surface area contributed by atoms with Crippen LogP contribution < -0.4 is 34.4 Å². The number of ether oxygens (including phenoxy) is 9. The van der Waals surface area contributed by atoms with Gasteiger partial charge in [-0.1, -0.05) is 27.7 Å². The lowest BCUT2D eigenvalue weighted by Gasteiger charge is -2.47. The molecule has 57 heavy (non-hydrogen) atoms. The zero-order valence-electron chi connectivity index (χ0n) is 36.8. The summed E-state index contributed by atoms with van der Waals surface area (Å²) in [4.78, 5) is 0. The van der Waals surface area contributed by atoms with E-state index in [-0.39, 0.29) is 21.7 Å². The maximum atomic E-state index is 6.75. The van der Waals surface area contributed by atoms with E-state index in [1.54, 1.807) is 0 Å². The highest BCUT2D eigenvalue weighted by atomic mass is 16.6. The topological polar surface area (TPSA) is 239 Å². The van der Waals surface area contributed by atoms with Gasteiger partial charge in [0, 0.05) is 71.8 Å². The Kier molecular flexibility index (Phi) is 25.9. The van der Waals surface area contributed by atoms with Crippen molar-refractivity contribution in [2.45, 2.75) is 79.1 Å². The molecule has 0 aromatic heterocycles. The molecule has 12 N–H and O–H groups in total. The van der Waals surface area contributed by atoms with Crippen LogP contribution in [0.1, 0.15) is 79.1 Å². The predicted molar refractivity (Wildman–Crippen MR) is 226 cm³/mol. The van der Waals surface area contributed by atoms with E-state index in [1.807, 2.05) is 0 Å². The van der Waals surface area contributed by atoms with E-state index in [0.29, 0.717) is 184 Å². The number of hydrogen-bond acceptors (Lipinski definition) is 15. The van der Waals surface area contributed by atoms with Crippen molar-refractivity contribution in [1.29, 1.82) is 0 Å². The standard InChI is InChI=1S/C42H88N6O9/c1-5-37(25-43)21-41(29-47)22-38(6-2,26-44)32-53-17-11-50-12-18-55-34-40(8-4,28-46)24-42(30-48,36-57-20-14-51-13-19-56-35-41)23-39(7-3,27-45)33-54-16-10-49-9-15-52-31-37/h5-36,43-48H2,1-4H3. The summed E-state index contributed by atoms with van der Waals surface area (Å²) in [5.74, 6) is 0. The Morgan fingerprint density at radius 2 is 0.474 bits per heavy atom. The van der Waals surface area contributed by atoms with Crippen LogP contribution in [0.4, 0.5) is 0 Å². The smallest absolute Gasteiger partial charge is 0.0701 e. The fourth-order valence-corrected chi connectivity index (χ4v) is 8.88. The van der Waals surface area contributed by atoms with Crippen molar-refractivity contribution in [3.63, 3.8) is 0 Å². The van der Waals surface area contributed by atoms with Crippen molar-refractivity contribution < 1.29 is 42.6 Å². The minimum absolute atomic E-state index is 0.327. The molecule has 4 atom stereocenters. The summed E-state index contributed by atoms with van der Waals surface area (Å²) in [5.41, 5.74) is 37.6. The number of rotatable bonds is 10. The van der Waals surface area contributed by atoms with E-state index < -0.39 is 10.8 Å². The zero-order valence-corrected chi connectivity index (χ0v) is 36.8. The third kappa shape index (κ3) is 17.4. The monoisotopic (exact) mass is 821 g/mol. The summed E-state index contributed by atoms with van der Waals surface area (Å²) in [5, 5.41) is 0. The van der Waals surface area contributed by atoms with Crippen molar-refractivity contribution in [2.75, 3.05) is 158 Å². The van der Waals surface area contributed by atoms with Crippen molar-refractivity contribution in [3.8, 4) is 0 Å². The molecular formula is C42H88N6O9. The molecule has 2 saturated heterocycles. The molecule has 0 aliphatic carbocycles. The lowest BCUT2D eigenvalue weighted by Crippen LogP contribution is -2.50. The molecule has 0 saturated carbocycles. The molecule has 0 aromatic rings. The van der Waals surface area contributed by atoms with Gasteiger partial charge in [0.25, 0.3) is 0 Å². The second kappa shape index (κ2) is 28.1. The van der Waals surface area contributed by atoms with Gasteiger partial charge in [-0.2, -0.15) is 0 Å². The Morgan fingerprint density at radius 3 is 0.649 bits per heavy atom.